The number of carbonyl (C=O) groups excluding carboxylic acids is 1. The number of hydrogen-bond donors (Lipinski definition) is 3. The molecule has 1 aromatic carbocycles. The van der Waals surface area contributed by atoms with E-state index in [-0.39, 0.29) is 12.3 Å². The standard InChI is InChI=1S/C17H25BN2O4/c19-9-2-4-10-23-15-7-5-6-14(12-15)13-17(21)20-16-8-1-3-11-24-18(16)22/h1,3,5-7,12,16,22H,2,4,8-11,13,19H2,(H,20,21)/t16-/m0/s1. The van der Waals surface area contributed by atoms with Crippen LogP contribution in [0.15, 0.2) is 36.4 Å². The van der Waals surface area contributed by atoms with Crippen LogP contribution in [0.1, 0.15) is 24.8 Å². The van der Waals surface area contributed by atoms with E-state index in [0.29, 0.717) is 26.2 Å². The molecule has 0 fully saturated rings. The van der Waals surface area contributed by atoms with Gasteiger partial charge in [0.05, 0.1) is 19.0 Å². The maximum absolute atomic E-state index is 12.2. The molecule has 4 N–H and O–H groups in total. The molecule has 0 saturated heterocycles. The normalized spacial score (nSPS) is 17.4. The van der Waals surface area contributed by atoms with Gasteiger partial charge in [-0.2, -0.15) is 0 Å². The summed E-state index contributed by atoms with van der Waals surface area (Å²) < 4.78 is 10.8. The number of hydrogen-bond acceptors (Lipinski definition) is 5. The molecular formula is C17H25BN2O4. The van der Waals surface area contributed by atoms with Gasteiger partial charge in [-0.15, -0.1) is 0 Å². The summed E-state index contributed by atoms with van der Waals surface area (Å²) >= 11 is 0. The highest BCUT2D eigenvalue weighted by Crippen LogP contribution is 2.14. The predicted octanol–water partition coefficient (Wildman–Crippen LogP) is 0.828. The molecule has 0 aromatic heterocycles. The second-order valence-corrected chi connectivity index (χ2v) is 5.77. The molecule has 7 heteroatoms. The van der Waals surface area contributed by atoms with Crippen molar-refractivity contribution >= 4 is 13.0 Å². The third-order valence-electron chi connectivity index (χ3n) is 3.74. The lowest BCUT2D eigenvalue weighted by Gasteiger charge is -2.17. The van der Waals surface area contributed by atoms with E-state index in [1.165, 1.54) is 0 Å². The number of benzene rings is 1. The molecule has 130 valence electrons. The first-order chi connectivity index (χ1) is 11.7. The molecule has 1 atom stereocenters. The minimum absolute atomic E-state index is 0.154. The molecule has 0 spiro atoms. The van der Waals surface area contributed by atoms with Crippen LogP contribution >= 0.6 is 0 Å². The highest BCUT2D eigenvalue weighted by Gasteiger charge is 2.28. The zero-order valence-corrected chi connectivity index (χ0v) is 13.8. The lowest BCUT2D eigenvalue weighted by molar-refractivity contribution is -0.120. The van der Waals surface area contributed by atoms with Gasteiger partial charge in [0.2, 0.25) is 5.91 Å². The molecule has 1 heterocycles. The molecule has 0 saturated carbocycles. The fourth-order valence-electron chi connectivity index (χ4n) is 2.45. The second kappa shape index (κ2) is 10.1. The third kappa shape index (κ3) is 6.35. The van der Waals surface area contributed by atoms with Crippen molar-refractivity contribution in [2.75, 3.05) is 19.8 Å². The van der Waals surface area contributed by atoms with Gasteiger partial charge in [-0.25, -0.2) is 0 Å². The van der Waals surface area contributed by atoms with Crippen LogP contribution in [-0.4, -0.2) is 43.7 Å². The lowest BCUT2D eigenvalue weighted by atomic mass is 9.77. The van der Waals surface area contributed by atoms with E-state index in [0.717, 1.165) is 24.2 Å². The Labute approximate surface area is 143 Å². The molecular weight excluding hydrogens is 307 g/mol. The summed E-state index contributed by atoms with van der Waals surface area (Å²) in [5, 5.41) is 12.7. The fourth-order valence-corrected chi connectivity index (χ4v) is 2.45. The first-order valence-corrected chi connectivity index (χ1v) is 8.35. The Hall–Kier alpha value is -1.83. The minimum atomic E-state index is -0.985. The van der Waals surface area contributed by atoms with E-state index in [1.807, 2.05) is 36.4 Å². The van der Waals surface area contributed by atoms with Crippen molar-refractivity contribution in [1.29, 1.82) is 0 Å². The summed E-state index contributed by atoms with van der Waals surface area (Å²) in [5.74, 6) is 0.170. The average molecular weight is 332 g/mol. The summed E-state index contributed by atoms with van der Waals surface area (Å²) in [6.07, 6.45) is 6.36. The number of ether oxygens (including phenoxy) is 1. The van der Waals surface area contributed by atoms with Crippen molar-refractivity contribution in [3.8, 4) is 5.75 Å². The summed E-state index contributed by atoms with van der Waals surface area (Å²) in [6.45, 7) is 1.64. The summed E-state index contributed by atoms with van der Waals surface area (Å²) in [6, 6.07) is 7.49. The van der Waals surface area contributed by atoms with Gasteiger partial charge in [-0.1, -0.05) is 24.3 Å². The van der Waals surface area contributed by atoms with Crippen LogP contribution in [0.4, 0.5) is 0 Å². The average Bonchev–Trinajstić information content (AvgIpc) is 2.77. The van der Waals surface area contributed by atoms with Gasteiger partial charge in [-0.05, 0) is 43.5 Å². The Kier molecular flexibility index (Phi) is 7.81. The zero-order valence-electron chi connectivity index (χ0n) is 13.8. The van der Waals surface area contributed by atoms with Crippen LogP contribution in [0.5, 0.6) is 5.75 Å². The molecule has 0 aliphatic carbocycles. The molecule has 0 bridgehead atoms. The highest BCUT2D eigenvalue weighted by molar-refractivity contribution is 6.45. The maximum atomic E-state index is 12.2. The largest absolute Gasteiger partial charge is 0.494 e. The topological polar surface area (TPSA) is 93.8 Å². The SMILES string of the molecule is NCCCCOc1cccc(CC(=O)N[C@H]2CC=CCOB2O)c1. The van der Waals surface area contributed by atoms with Crippen LogP contribution < -0.4 is 15.8 Å². The van der Waals surface area contributed by atoms with E-state index in [4.69, 9.17) is 15.1 Å². The van der Waals surface area contributed by atoms with Crippen molar-refractivity contribution < 1.29 is 19.2 Å². The molecule has 1 aliphatic rings. The maximum Gasteiger partial charge on any atom is 0.478 e. The van der Waals surface area contributed by atoms with Crippen LogP contribution in [0.2, 0.25) is 0 Å². The molecule has 1 aromatic rings. The molecule has 0 unspecified atom stereocenters. The molecule has 1 amide bonds. The Balaban J connectivity index is 1.83. The van der Waals surface area contributed by atoms with Gasteiger partial charge in [0.15, 0.2) is 0 Å². The van der Waals surface area contributed by atoms with Crippen molar-refractivity contribution in [3.05, 3.63) is 42.0 Å². The van der Waals surface area contributed by atoms with E-state index in [1.54, 1.807) is 0 Å². The summed E-state index contributed by atoms with van der Waals surface area (Å²) in [7, 11) is -0.985. The van der Waals surface area contributed by atoms with Crippen LogP contribution in [-0.2, 0) is 15.9 Å². The minimum Gasteiger partial charge on any atom is -0.494 e. The Morgan fingerprint density at radius 2 is 2.29 bits per heavy atom. The van der Waals surface area contributed by atoms with Gasteiger partial charge in [-0.3, -0.25) is 4.79 Å². The van der Waals surface area contributed by atoms with Gasteiger partial charge in [0, 0.05) is 6.61 Å². The first-order valence-electron chi connectivity index (χ1n) is 8.35. The fraction of sp³-hybridized carbons (Fsp3) is 0.471. The highest BCUT2D eigenvalue weighted by atomic mass is 16.5. The number of rotatable bonds is 8. The second-order valence-electron chi connectivity index (χ2n) is 5.77. The molecule has 6 nitrogen and oxygen atoms in total. The van der Waals surface area contributed by atoms with E-state index < -0.39 is 13.1 Å². The summed E-state index contributed by atoms with van der Waals surface area (Å²) in [4.78, 5) is 12.2. The van der Waals surface area contributed by atoms with Crippen LogP contribution in [0, 0.1) is 0 Å². The molecule has 0 radical (unpaired) electrons. The quantitative estimate of drug-likeness (QED) is 0.372. The molecule has 2 rings (SSSR count). The van der Waals surface area contributed by atoms with Crippen molar-refractivity contribution in [3.63, 3.8) is 0 Å². The molecule has 1 aliphatic heterocycles. The number of nitrogens with two attached hydrogens (primary N) is 1. The number of nitrogens with one attached hydrogen (secondary N) is 1. The van der Waals surface area contributed by atoms with Gasteiger partial charge >= 0.3 is 7.12 Å². The van der Waals surface area contributed by atoms with Gasteiger partial charge < -0.3 is 25.5 Å². The zero-order chi connectivity index (χ0) is 17.2. The van der Waals surface area contributed by atoms with Crippen LogP contribution in [0.25, 0.3) is 0 Å². The molecule has 24 heavy (non-hydrogen) atoms. The van der Waals surface area contributed by atoms with E-state index in [2.05, 4.69) is 5.32 Å². The number of unbranched alkanes of at least 4 members (excludes halogenated alkanes) is 1. The van der Waals surface area contributed by atoms with Gasteiger partial charge in [0.1, 0.15) is 5.75 Å². The Bertz CT molecular complexity index is 553. The number of carbonyl (C=O) groups is 1. The Morgan fingerprint density at radius 3 is 3.12 bits per heavy atom. The monoisotopic (exact) mass is 332 g/mol. The number of amides is 1. The smallest absolute Gasteiger partial charge is 0.478 e. The lowest BCUT2D eigenvalue weighted by Crippen LogP contribution is -2.47. The Morgan fingerprint density at radius 1 is 1.42 bits per heavy atom. The van der Waals surface area contributed by atoms with Crippen molar-refractivity contribution in [1.82, 2.24) is 5.32 Å². The van der Waals surface area contributed by atoms with Crippen molar-refractivity contribution in [2.45, 2.75) is 31.6 Å². The summed E-state index contributed by atoms with van der Waals surface area (Å²) in [5.41, 5.74) is 6.32. The van der Waals surface area contributed by atoms with Gasteiger partial charge in [0.25, 0.3) is 0 Å². The third-order valence-corrected chi connectivity index (χ3v) is 3.74. The van der Waals surface area contributed by atoms with Crippen LogP contribution in [0.3, 0.4) is 0 Å². The first kappa shape index (κ1) is 18.5. The predicted molar refractivity (Wildman–Crippen MR) is 93.5 cm³/mol. The van der Waals surface area contributed by atoms with E-state index in [9.17, 15) is 9.82 Å². The van der Waals surface area contributed by atoms with E-state index >= 15 is 0 Å². The van der Waals surface area contributed by atoms with Crippen molar-refractivity contribution in [2.24, 2.45) is 5.73 Å².